The van der Waals surface area contributed by atoms with Crippen molar-refractivity contribution in [2.75, 3.05) is 0 Å². The first-order valence-corrected chi connectivity index (χ1v) is 6.56. The van der Waals surface area contributed by atoms with Gasteiger partial charge in [-0.05, 0) is 44.9 Å². The summed E-state index contributed by atoms with van der Waals surface area (Å²) in [5, 5.41) is 0. The van der Waals surface area contributed by atoms with Crippen molar-refractivity contribution >= 4 is 11.6 Å². The summed E-state index contributed by atoms with van der Waals surface area (Å²) >= 11 is 0. The Balaban J connectivity index is 2.24. The van der Waals surface area contributed by atoms with Crippen LogP contribution in [-0.2, 0) is 9.59 Å². The quantitative estimate of drug-likeness (QED) is 0.691. The van der Waals surface area contributed by atoms with Gasteiger partial charge in [0.15, 0.2) is 0 Å². The molecule has 0 heterocycles. The van der Waals surface area contributed by atoms with E-state index in [2.05, 4.69) is 0 Å². The molecule has 0 radical (unpaired) electrons. The highest BCUT2D eigenvalue weighted by molar-refractivity contribution is 5.75. The predicted octanol–water partition coefficient (Wildman–Crippen LogP) is 3.53. The highest BCUT2D eigenvalue weighted by Crippen LogP contribution is 2.34. The molecule has 0 aromatic carbocycles. The van der Waals surface area contributed by atoms with E-state index < -0.39 is 0 Å². The Morgan fingerprint density at radius 3 is 1.75 bits per heavy atom. The van der Waals surface area contributed by atoms with Crippen LogP contribution in [0.1, 0.15) is 65.2 Å². The third kappa shape index (κ3) is 5.43. The van der Waals surface area contributed by atoms with Gasteiger partial charge in [-0.25, -0.2) is 0 Å². The van der Waals surface area contributed by atoms with Gasteiger partial charge in [0.2, 0.25) is 0 Å². The van der Waals surface area contributed by atoms with Crippen LogP contribution in [-0.4, -0.2) is 11.6 Å². The molecule has 92 valence electrons. The monoisotopic (exact) mass is 224 g/mol. The van der Waals surface area contributed by atoms with Crippen molar-refractivity contribution in [3.8, 4) is 0 Å². The van der Waals surface area contributed by atoms with Crippen molar-refractivity contribution in [3.63, 3.8) is 0 Å². The smallest absolute Gasteiger partial charge is 0.129 e. The Kier molecular flexibility index (Phi) is 5.72. The van der Waals surface area contributed by atoms with Gasteiger partial charge in [0.1, 0.15) is 11.6 Å². The summed E-state index contributed by atoms with van der Waals surface area (Å²) in [5.41, 5.74) is 0. The lowest BCUT2D eigenvalue weighted by Gasteiger charge is -2.28. The summed E-state index contributed by atoms with van der Waals surface area (Å²) in [5.74, 6) is 2.08. The molecular weight excluding hydrogens is 200 g/mol. The molecule has 16 heavy (non-hydrogen) atoms. The molecule has 0 bridgehead atoms. The predicted molar refractivity (Wildman–Crippen MR) is 65.3 cm³/mol. The lowest BCUT2D eigenvalue weighted by atomic mass is 9.77. The third-order valence-electron chi connectivity index (χ3n) is 3.70. The van der Waals surface area contributed by atoms with Crippen LogP contribution in [0.15, 0.2) is 0 Å². The van der Waals surface area contributed by atoms with E-state index in [-0.39, 0.29) is 0 Å². The highest BCUT2D eigenvalue weighted by atomic mass is 16.1. The molecule has 1 saturated carbocycles. The average Bonchev–Trinajstić information content (AvgIpc) is 2.24. The van der Waals surface area contributed by atoms with Gasteiger partial charge in [-0.1, -0.05) is 19.3 Å². The summed E-state index contributed by atoms with van der Waals surface area (Å²) in [6.45, 7) is 3.35. The maximum absolute atomic E-state index is 10.9. The summed E-state index contributed by atoms with van der Waals surface area (Å²) in [6.07, 6.45) is 8.69. The molecule has 1 aliphatic carbocycles. The van der Waals surface area contributed by atoms with Crippen LogP contribution in [0.2, 0.25) is 0 Å². The first-order valence-electron chi connectivity index (χ1n) is 6.56. The number of carbonyl (C=O) groups is 2. The molecule has 0 amide bonds. The fourth-order valence-electron chi connectivity index (χ4n) is 2.74. The number of hydrogen-bond acceptors (Lipinski definition) is 2. The van der Waals surface area contributed by atoms with E-state index in [1.807, 2.05) is 0 Å². The molecule has 2 heteroatoms. The van der Waals surface area contributed by atoms with Crippen molar-refractivity contribution in [1.82, 2.24) is 0 Å². The SMILES string of the molecule is CC(=O)CCC1CCCC(CCC(C)=O)C1. The fourth-order valence-corrected chi connectivity index (χ4v) is 2.74. The molecule has 0 N–H and O–H groups in total. The van der Waals surface area contributed by atoms with Crippen LogP contribution in [0.25, 0.3) is 0 Å². The largest absolute Gasteiger partial charge is 0.300 e. The minimum atomic E-state index is 0.311. The molecular formula is C14H24O2. The molecule has 2 nitrogen and oxygen atoms in total. The lowest BCUT2D eigenvalue weighted by molar-refractivity contribution is -0.117. The lowest BCUT2D eigenvalue weighted by Crippen LogP contribution is -2.17. The number of ketones is 2. The summed E-state index contributed by atoms with van der Waals surface area (Å²) in [7, 11) is 0. The van der Waals surface area contributed by atoms with Crippen LogP contribution in [0.3, 0.4) is 0 Å². The maximum atomic E-state index is 10.9. The zero-order valence-corrected chi connectivity index (χ0v) is 10.6. The van der Waals surface area contributed by atoms with E-state index in [0.29, 0.717) is 11.6 Å². The molecule has 1 aliphatic rings. The number of hydrogen-bond donors (Lipinski definition) is 0. The van der Waals surface area contributed by atoms with E-state index >= 15 is 0 Å². The second kappa shape index (κ2) is 6.82. The van der Waals surface area contributed by atoms with Crippen molar-refractivity contribution in [2.24, 2.45) is 11.8 Å². The van der Waals surface area contributed by atoms with Gasteiger partial charge in [0.05, 0.1) is 0 Å². The average molecular weight is 224 g/mol. The second-order valence-corrected chi connectivity index (χ2v) is 5.38. The molecule has 0 spiro atoms. The minimum absolute atomic E-state index is 0.311. The van der Waals surface area contributed by atoms with E-state index in [1.165, 1.54) is 25.7 Å². The van der Waals surface area contributed by atoms with E-state index in [4.69, 9.17) is 0 Å². The Morgan fingerprint density at radius 2 is 1.38 bits per heavy atom. The Hall–Kier alpha value is -0.660. The Bertz CT molecular complexity index is 221. The van der Waals surface area contributed by atoms with Crippen molar-refractivity contribution in [3.05, 3.63) is 0 Å². The van der Waals surface area contributed by atoms with Gasteiger partial charge >= 0.3 is 0 Å². The second-order valence-electron chi connectivity index (χ2n) is 5.38. The highest BCUT2D eigenvalue weighted by Gasteiger charge is 2.22. The molecule has 0 aromatic rings. The number of carbonyl (C=O) groups excluding carboxylic acids is 2. The first-order chi connectivity index (χ1) is 7.58. The standard InChI is InChI=1S/C14H24O2/c1-11(15)6-8-13-4-3-5-14(10-13)9-7-12(2)16/h13-14H,3-10H2,1-2H3. The minimum Gasteiger partial charge on any atom is -0.300 e. The zero-order chi connectivity index (χ0) is 12.0. The molecule has 1 rings (SSSR count). The molecule has 2 unspecified atom stereocenters. The first kappa shape index (κ1) is 13.4. The Labute approximate surface area is 98.8 Å². The molecule has 2 atom stereocenters. The van der Waals surface area contributed by atoms with E-state index in [1.54, 1.807) is 13.8 Å². The molecule has 0 aromatic heterocycles. The summed E-state index contributed by atoms with van der Waals surface area (Å²) in [6, 6.07) is 0. The molecule has 1 fully saturated rings. The van der Waals surface area contributed by atoms with Gasteiger partial charge < -0.3 is 9.59 Å². The van der Waals surface area contributed by atoms with Gasteiger partial charge in [0, 0.05) is 12.8 Å². The van der Waals surface area contributed by atoms with Crippen LogP contribution < -0.4 is 0 Å². The van der Waals surface area contributed by atoms with Crippen LogP contribution >= 0.6 is 0 Å². The summed E-state index contributed by atoms with van der Waals surface area (Å²) in [4.78, 5) is 21.9. The summed E-state index contributed by atoms with van der Waals surface area (Å²) < 4.78 is 0. The number of rotatable bonds is 6. The van der Waals surface area contributed by atoms with Gasteiger partial charge in [-0.2, -0.15) is 0 Å². The fraction of sp³-hybridized carbons (Fsp3) is 0.857. The van der Waals surface area contributed by atoms with E-state index in [9.17, 15) is 9.59 Å². The van der Waals surface area contributed by atoms with Crippen LogP contribution in [0.5, 0.6) is 0 Å². The van der Waals surface area contributed by atoms with E-state index in [0.717, 1.165) is 37.5 Å². The van der Waals surface area contributed by atoms with Gasteiger partial charge in [-0.3, -0.25) is 0 Å². The van der Waals surface area contributed by atoms with Crippen LogP contribution in [0.4, 0.5) is 0 Å². The maximum Gasteiger partial charge on any atom is 0.129 e. The number of Topliss-reactive ketones (excluding diaryl/α,β-unsaturated/α-hetero) is 2. The molecule has 0 saturated heterocycles. The third-order valence-corrected chi connectivity index (χ3v) is 3.70. The van der Waals surface area contributed by atoms with Crippen molar-refractivity contribution in [1.29, 1.82) is 0 Å². The van der Waals surface area contributed by atoms with Crippen LogP contribution in [0, 0.1) is 11.8 Å². The van der Waals surface area contributed by atoms with Gasteiger partial charge in [-0.15, -0.1) is 0 Å². The normalized spacial score (nSPS) is 25.4. The van der Waals surface area contributed by atoms with Gasteiger partial charge in [0.25, 0.3) is 0 Å². The molecule has 0 aliphatic heterocycles. The topological polar surface area (TPSA) is 34.1 Å². The van der Waals surface area contributed by atoms with Crippen molar-refractivity contribution in [2.45, 2.75) is 65.2 Å². The zero-order valence-electron chi connectivity index (χ0n) is 10.6. The van der Waals surface area contributed by atoms with Crippen molar-refractivity contribution < 1.29 is 9.59 Å². The Morgan fingerprint density at radius 1 is 0.938 bits per heavy atom.